The van der Waals surface area contributed by atoms with E-state index in [0.29, 0.717) is 11.5 Å². The van der Waals surface area contributed by atoms with Crippen LogP contribution in [0.4, 0.5) is 22.7 Å². The molecule has 6 heteroatoms. The van der Waals surface area contributed by atoms with Gasteiger partial charge in [0, 0.05) is 72.2 Å². The molecule has 1 aliphatic heterocycles. The van der Waals surface area contributed by atoms with Crippen LogP contribution in [0.5, 0.6) is 11.5 Å². The molecule has 0 atom stereocenters. The molecule has 0 unspecified atom stereocenters. The van der Waals surface area contributed by atoms with Gasteiger partial charge in [-0.15, -0.1) is 53.6 Å². The van der Waals surface area contributed by atoms with Gasteiger partial charge in [-0.2, -0.15) is 6.07 Å². The molecule has 0 radical (unpaired) electrons. The first-order valence-electron chi connectivity index (χ1n) is 25.1. The minimum Gasteiger partial charge on any atom is -0.509 e. The number of fused-ring (bicyclic) bond motifs is 4. The van der Waals surface area contributed by atoms with Crippen LogP contribution in [-0.2, 0) is 48.1 Å². The molecule has 72 heavy (non-hydrogen) atoms. The van der Waals surface area contributed by atoms with E-state index in [2.05, 4.69) is 275 Å². The number of nitrogens with zero attached hydrogens (tertiary/aromatic N) is 4. The summed E-state index contributed by atoms with van der Waals surface area (Å²) < 4.78 is 9.26. The molecule has 7 aromatic carbocycles. The van der Waals surface area contributed by atoms with Gasteiger partial charge in [-0.3, -0.25) is 0 Å². The van der Waals surface area contributed by atoms with Gasteiger partial charge in [0.2, 0.25) is 0 Å². The van der Waals surface area contributed by atoms with E-state index in [1.165, 1.54) is 33.4 Å². The van der Waals surface area contributed by atoms with Crippen LogP contribution in [0.2, 0.25) is 0 Å². The molecule has 0 saturated carbocycles. The Bertz CT molecular complexity index is 3440. The van der Waals surface area contributed by atoms with Crippen LogP contribution >= 0.6 is 0 Å². The molecule has 5 nitrogen and oxygen atoms in total. The van der Waals surface area contributed by atoms with E-state index in [1.807, 2.05) is 12.3 Å². The van der Waals surface area contributed by atoms with Crippen LogP contribution in [0, 0.1) is 18.8 Å². The molecule has 3 heterocycles. The van der Waals surface area contributed by atoms with Crippen LogP contribution in [0.15, 0.2) is 164 Å². The fraction of sp³-hybridized carbons (Fsp3) is 0.273. The first kappa shape index (κ1) is 50.5. The summed E-state index contributed by atoms with van der Waals surface area (Å²) in [5.41, 5.74) is 14.1. The van der Waals surface area contributed by atoms with Crippen LogP contribution in [0.3, 0.4) is 0 Å². The first-order chi connectivity index (χ1) is 33.6. The standard InChI is InChI=1S/C66H67N4O.Pt/c1-62(2,3)46-25-20-26-51(35-46)68-43-69(57-32-28-48(39-60(57)68)65(10,11)44-21-16-14-17-22-44)52-36-50(64(7,8)9)37-54(41-52)71-53-29-31-56-55-30-27-47(63(4,5)6)38-58(55)70(59(56)42-53)61-40-49(33-34-67-61)66(12,13)45-23-18-15-19-24-45;/h14-40,43H,1-13H3;/q-3;. The van der Waals surface area contributed by atoms with Crippen LogP contribution in [0.25, 0.3) is 27.6 Å². The SMILES string of the molecule is CC(C)(C)c1cc(Oc2[c-]c3c(cc2)c2ccc(C(C)(C)C)cc2n3-c2cc(C(C)(C)c3ccccc3)ccn2)[c-]c(N2[CH-]N(c3cccc(C(C)(C)C)c3)c3cc(C(C)(C)c4ccccc4)ccc32)c1.[Pt]. The van der Waals surface area contributed by atoms with Gasteiger partial charge in [-0.1, -0.05) is 187 Å². The zero-order chi connectivity index (χ0) is 50.3. The van der Waals surface area contributed by atoms with E-state index in [0.717, 1.165) is 55.9 Å². The number of pyridine rings is 1. The van der Waals surface area contributed by atoms with E-state index >= 15 is 0 Å². The molecule has 0 fully saturated rings. The molecule has 0 N–H and O–H groups in total. The van der Waals surface area contributed by atoms with E-state index in [9.17, 15) is 0 Å². The van der Waals surface area contributed by atoms with Crippen molar-refractivity contribution >= 4 is 44.6 Å². The maximum absolute atomic E-state index is 6.99. The van der Waals surface area contributed by atoms with Gasteiger partial charge in [0.05, 0.1) is 0 Å². The van der Waals surface area contributed by atoms with E-state index in [4.69, 9.17) is 9.72 Å². The Kier molecular flexibility index (Phi) is 13.0. The Morgan fingerprint density at radius 3 is 1.67 bits per heavy atom. The summed E-state index contributed by atoms with van der Waals surface area (Å²) in [6.07, 6.45) is 1.94. The van der Waals surface area contributed by atoms with Crippen molar-refractivity contribution in [2.45, 2.75) is 117 Å². The fourth-order valence-corrected chi connectivity index (χ4v) is 9.99. The largest absolute Gasteiger partial charge is 0.509 e. The van der Waals surface area contributed by atoms with Crippen LogP contribution in [-0.4, -0.2) is 9.55 Å². The summed E-state index contributed by atoms with van der Waals surface area (Å²) in [5, 5.41) is 2.23. The van der Waals surface area contributed by atoms with Gasteiger partial charge in [-0.25, -0.2) is 4.98 Å². The molecule has 370 valence electrons. The predicted octanol–water partition coefficient (Wildman–Crippen LogP) is 17.5. The third-order valence-corrected chi connectivity index (χ3v) is 14.8. The average molecular weight is 1130 g/mol. The molecule has 0 saturated heterocycles. The Hall–Kier alpha value is -6.42. The Morgan fingerprint density at radius 2 is 1.03 bits per heavy atom. The minimum atomic E-state index is -0.250. The number of hydrogen-bond donors (Lipinski definition) is 0. The molecule has 0 aliphatic carbocycles. The summed E-state index contributed by atoms with van der Waals surface area (Å²) in [6.45, 7) is 31.8. The van der Waals surface area contributed by atoms with Gasteiger partial charge in [0.15, 0.2) is 0 Å². The topological polar surface area (TPSA) is 33.5 Å². The Labute approximate surface area is 443 Å². The quantitative estimate of drug-likeness (QED) is 0.135. The number of rotatable bonds is 9. The van der Waals surface area contributed by atoms with Crippen molar-refractivity contribution in [2.75, 3.05) is 9.80 Å². The molecule has 9 aromatic rings. The predicted molar refractivity (Wildman–Crippen MR) is 297 cm³/mol. The molecule has 10 rings (SSSR count). The Morgan fingerprint density at radius 1 is 0.444 bits per heavy atom. The molecule has 1 aliphatic rings. The van der Waals surface area contributed by atoms with Crippen molar-refractivity contribution in [3.63, 3.8) is 0 Å². The van der Waals surface area contributed by atoms with Crippen molar-refractivity contribution < 1.29 is 25.8 Å². The summed E-state index contributed by atoms with van der Waals surface area (Å²) in [6, 6.07) is 64.7. The molecular weight excluding hydrogens is 1060 g/mol. The smallest absolute Gasteiger partial charge is 0.135 e. The van der Waals surface area contributed by atoms with E-state index in [-0.39, 0.29) is 48.1 Å². The number of benzene rings is 7. The first-order valence-corrected chi connectivity index (χ1v) is 25.1. The fourth-order valence-electron chi connectivity index (χ4n) is 9.99. The molecule has 0 amide bonds. The average Bonchev–Trinajstić information content (AvgIpc) is 3.89. The van der Waals surface area contributed by atoms with Gasteiger partial charge >= 0.3 is 0 Å². The van der Waals surface area contributed by atoms with Gasteiger partial charge in [0.1, 0.15) is 5.82 Å². The normalized spacial score (nSPS) is 13.4. The van der Waals surface area contributed by atoms with Crippen molar-refractivity contribution in [2.24, 2.45) is 0 Å². The summed E-state index contributed by atoms with van der Waals surface area (Å²) in [4.78, 5) is 9.68. The van der Waals surface area contributed by atoms with E-state index in [1.54, 1.807) is 0 Å². The van der Waals surface area contributed by atoms with Crippen molar-refractivity contribution in [3.05, 3.63) is 222 Å². The van der Waals surface area contributed by atoms with E-state index < -0.39 is 0 Å². The third-order valence-electron chi connectivity index (χ3n) is 14.8. The monoisotopic (exact) mass is 1130 g/mol. The molecule has 0 spiro atoms. The number of hydrogen-bond acceptors (Lipinski definition) is 4. The third kappa shape index (κ3) is 9.42. The van der Waals surface area contributed by atoms with Crippen LogP contribution in [0.1, 0.15) is 129 Å². The zero-order valence-corrected chi connectivity index (χ0v) is 46.5. The second-order valence-corrected chi connectivity index (χ2v) is 23.6. The molecule has 0 bridgehead atoms. The summed E-state index contributed by atoms with van der Waals surface area (Å²) in [5.74, 6) is 2.06. The molecule has 2 aromatic heterocycles. The van der Waals surface area contributed by atoms with Crippen molar-refractivity contribution in [1.82, 2.24) is 9.55 Å². The van der Waals surface area contributed by atoms with Crippen molar-refractivity contribution in [1.29, 1.82) is 0 Å². The van der Waals surface area contributed by atoms with Gasteiger partial charge in [0.25, 0.3) is 0 Å². The second kappa shape index (κ2) is 18.6. The summed E-state index contributed by atoms with van der Waals surface area (Å²) in [7, 11) is 0. The number of ether oxygens (including phenoxy) is 1. The van der Waals surface area contributed by atoms with Crippen molar-refractivity contribution in [3.8, 4) is 17.3 Å². The number of anilines is 4. The zero-order valence-electron chi connectivity index (χ0n) is 44.2. The second-order valence-electron chi connectivity index (χ2n) is 23.6. The van der Waals surface area contributed by atoms with Crippen LogP contribution < -0.4 is 14.5 Å². The summed E-state index contributed by atoms with van der Waals surface area (Å²) >= 11 is 0. The maximum Gasteiger partial charge on any atom is 0.135 e. The van der Waals surface area contributed by atoms with Gasteiger partial charge in [-0.05, 0) is 97.5 Å². The molecular formula is C66H67N4OPt-3. The minimum absolute atomic E-state index is 0. The maximum atomic E-state index is 6.99. The Balaban J connectivity index is 0.00000640. The number of aromatic nitrogens is 2. The van der Waals surface area contributed by atoms with Gasteiger partial charge < -0.3 is 19.1 Å².